The molecule has 4 heteroatoms. The van der Waals surface area contributed by atoms with E-state index in [2.05, 4.69) is 13.8 Å². The topological polar surface area (TPSA) is 46.3 Å². The number of halogens is 1. The molecule has 1 rings (SSSR count). The predicted molar refractivity (Wildman–Crippen MR) is 74.5 cm³/mol. The van der Waals surface area contributed by atoms with E-state index in [1.54, 1.807) is 17.0 Å². The highest BCUT2D eigenvalue weighted by molar-refractivity contribution is 5.98. The molecule has 96 valence electrons. The lowest BCUT2D eigenvalue weighted by molar-refractivity contribution is 0.0776. The van der Waals surface area contributed by atoms with Crippen LogP contribution in [0.4, 0.5) is 5.69 Å². The summed E-state index contributed by atoms with van der Waals surface area (Å²) < 4.78 is 0. The first-order chi connectivity index (χ1) is 7.56. The third-order valence-electron chi connectivity index (χ3n) is 2.82. The number of hydrogen-bond donors (Lipinski definition) is 1. The van der Waals surface area contributed by atoms with E-state index in [1.807, 2.05) is 19.2 Å². The fourth-order valence-corrected chi connectivity index (χ4v) is 1.58. The molecule has 0 aromatic heterocycles. The van der Waals surface area contributed by atoms with Crippen LogP contribution >= 0.6 is 12.4 Å². The van der Waals surface area contributed by atoms with Gasteiger partial charge in [-0.2, -0.15) is 0 Å². The van der Waals surface area contributed by atoms with Crippen LogP contribution in [0.1, 0.15) is 30.6 Å². The lowest BCUT2D eigenvalue weighted by Gasteiger charge is -2.21. The molecule has 1 atom stereocenters. The molecule has 0 fully saturated rings. The molecule has 0 saturated heterocycles. The summed E-state index contributed by atoms with van der Waals surface area (Å²) in [5.74, 6) is 0.511. The van der Waals surface area contributed by atoms with E-state index in [9.17, 15) is 4.79 Å². The van der Waals surface area contributed by atoms with Gasteiger partial charge < -0.3 is 10.6 Å². The zero-order valence-electron chi connectivity index (χ0n) is 10.6. The number of carbonyl (C=O) groups is 1. The van der Waals surface area contributed by atoms with Gasteiger partial charge in [0.2, 0.25) is 0 Å². The Morgan fingerprint density at radius 1 is 1.41 bits per heavy atom. The average molecular weight is 257 g/mol. The van der Waals surface area contributed by atoms with E-state index in [4.69, 9.17) is 5.73 Å². The van der Waals surface area contributed by atoms with Crippen molar-refractivity contribution in [1.29, 1.82) is 0 Å². The van der Waals surface area contributed by atoms with E-state index in [0.29, 0.717) is 17.2 Å². The minimum atomic E-state index is -0.00148. The molecule has 2 N–H and O–H groups in total. The maximum Gasteiger partial charge on any atom is 0.255 e. The second-order valence-corrected chi connectivity index (χ2v) is 4.29. The molecule has 0 heterocycles. The molecule has 0 spiro atoms. The van der Waals surface area contributed by atoms with Crippen LogP contribution in [0.15, 0.2) is 24.3 Å². The monoisotopic (exact) mass is 256 g/mol. The first-order valence-electron chi connectivity index (χ1n) is 5.66. The molecule has 3 nitrogen and oxygen atoms in total. The van der Waals surface area contributed by atoms with Crippen LogP contribution in [0.25, 0.3) is 0 Å². The van der Waals surface area contributed by atoms with Gasteiger partial charge in [0.05, 0.1) is 5.56 Å². The van der Waals surface area contributed by atoms with E-state index in [-0.39, 0.29) is 18.3 Å². The summed E-state index contributed by atoms with van der Waals surface area (Å²) in [5.41, 5.74) is 6.91. The SMILES string of the molecule is CCC(C)CN(C)C(=O)c1ccccc1N.Cl. The Hall–Kier alpha value is -1.22. The van der Waals surface area contributed by atoms with Crippen LogP contribution in [0.3, 0.4) is 0 Å². The molecule has 1 unspecified atom stereocenters. The van der Waals surface area contributed by atoms with Crippen LogP contribution in [0.2, 0.25) is 0 Å². The Morgan fingerprint density at radius 2 is 2.00 bits per heavy atom. The van der Waals surface area contributed by atoms with Crippen molar-refractivity contribution in [3.8, 4) is 0 Å². The summed E-state index contributed by atoms with van der Waals surface area (Å²) in [7, 11) is 1.82. The van der Waals surface area contributed by atoms with Crippen molar-refractivity contribution in [2.24, 2.45) is 5.92 Å². The van der Waals surface area contributed by atoms with Crippen LogP contribution < -0.4 is 5.73 Å². The molecular formula is C13H21ClN2O. The number of nitrogens with two attached hydrogens (primary N) is 1. The molecular weight excluding hydrogens is 236 g/mol. The maximum atomic E-state index is 12.1. The molecule has 0 aliphatic heterocycles. The van der Waals surface area contributed by atoms with Gasteiger partial charge in [0.15, 0.2) is 0 Å². The lowest BCUT2D eigenvalue weighted by atomic mass is 10.1. The second-order valence-electron chi connectivity index (χ2n) is 4.29. The fourth-order valence-electron chi connectivity index (χ4n) is 1.58. The zero-order valence-corrected chi connectivity index (χ0v) is 11.5. The van der Waals surface area contributed by atoms with E-state index in [0.717, 1.165) is 13.0 Å². The van der Waals surface area contributed by atoms with Gasteiger partial charge in [0.25, 0.3) is 5.91 Å². The summed E-state index contributed by atoms with van der Waals surface area (Å²) in [4.78, 5) is 13.8. The lowest BCUT2D eigenvalue weighted by Crippen LogP contribution is -2.31. The third kappa shape index (κ3) is 4.27. The van der Waals surface area contributed by atoms with Gasteiger partial charge in [-0.25, -0.2) is 0 Å². The average Bonchev–Trinajstić information content (AvgIpc) is 2.28. The molecule has 0 saturated carbocycles. The Labute approximate surface area is 109 Å². The molecule has 0 bridgehead atoms. The third-order valence-corrected chi connectivity index (χ3v) is 2.82. The number of rotatable bonds is 4. The van der Waals surface area contributed by atoms with Crippen molar-refractivity contribution in [3.05, 3.63) is 29.8 Å². The van der Waals surface area contributed by atoms with Crippen molar-refractivity contribution in [3.63, 3.8) is 0 Å². The van der Waals surface area contributed by atoms with Crippen molar-refractivity contribution in [2.75, 3.05) is 19.3 Å². The van der Waals surface area contributed by atoms with Crippen molar-refractivity contribution < 1.29 is 4.79 Å². The van der Waals surface area contributed by atoms with Gasteiger partial charge in [-0.1, -0.05) is 32.4 Å². The minimum absolute atomic E-state index is 0. The molecule has 0 radical (unpaired) electrons. The number of nitrogens with zero attached hydrogens (tertiary/aromatic N) is 1. The number of para-hydroxylation sites is 1. The Kier molecular flexibility index (Phi) is 6.66. The Bertz CT molecular complexity index is 368. The van der Waals surface area contributed by atoms with Gasteiger partial charge in [0, 0.05) is 19.3 Å². The smallest absolute Gasteiger partial charge is 0.255 e. The Balaban J connectivity index is 0.00000256. The summed E-state index contributed by atoms with van der Waals surface area (Å²) in [6.45, 7) is 5.03. The summed E-state index contributed by atoms with van der Waals surface area (Å²) in [5, 5.41) is 0. The van der Waals surface area contributed by atoms with Crippen LogP contribution in [0.5, 0.6) is 0 Å². The number of carbonyl (C=O) groups excluding carboxylic acids is 1. The summed E-state index contributed by atoms with van der Waals surface area (Å²) in [6.07, 6.45) is 1.07. The Morgan fingerprint density at radius 3 is 2.53 bits per heavy atom. The number of nitrogen functional groups attached to an aromatic ring is 1. The zero-order chi connectivity index (χ0) is 12.1. The maximum absolute atomic E-state index is 12.1. The highest BCUT2D eigenvalue weighted by atomic mass is 35.5. The first kappa shape index (κ1) is 15.8. The summed E-state index contributed by atoms with van der Waals surface area (Å²) in [6, 6.07) is 7.19. The van der Waals surface area contributed by atoms with E-state index >= 15 is 0 Å². The largest absolute Gasteiger partial charge is 0.398 e. The van der Waals surface area contributed by atoms with Gasteiger partial charge in [-0.3, -0.25) is 4.79 Å². The van der Waals surface area contributed by atoms with Gasteiger partial charge >= 0.3 is 0 Å². The molecule has 0 aliphatic carbocycles. The van der Waals surface area contributed by atoms with Crippen LogP contribution in [-0.4, -0.2) is 24.4 Å². The first-order valence-corrected chi connectivity index (χ1v) is 5.66. The van der Waals surface area contributed by atoms with Crippen molar-refractivity contribution in [2.45, 2.75) is 20.3 Å². The second kappa shape index (κ2) is 7.17. The predicted octanol–water partition coefficient (Wildman–Crippen LogP) is 2.81. The van der Waals surface area contributed by atoms with E-state index < -0.39 is 0 Å². The number of benzene rings is 1. The number of anilines is 1. The van der Waals surface area contributed by atoms with Gasteiger partial charge in [-0.15, -0.1) is 12.4 Å². The highest BCUT2D eigenvalue weighted by Gasteiger charge is 2.15. The molecule has 0 aliphatic rings. The highest BCUT2D eigenvalue weighted by Crippen LogP contribution is 2.14. The van der Waals surface area contributed by atoms with Crippen molar-refractivity contribution in [1.82, 2.24) is 4.90 Å². The van der Waals surface area contributed by atoms with Gasteiger partial charge in [-0.05, 0) is 18.1 Å². The molecule has 1 aromatic carbocycles. The fraction of sp³-hybridized carbons (Fsp3) is 0.462. The van der Waals surface area contributed by atoms with Gasteiger partial charge in [0.1, 0.15) is 0 Å². The number of hydrogen-bond acceptors (Lipinski definition) is 2. The molecule has 1 aromatic rings. The molecule has 17 heavy (non-hydrogen) atoms. The molecule has 1 amide bonds. The minimum Gasteiger partial charge on any atom is -0.398 e. The quantitative estimate of drug-likeness (QED) is 0.842. The van der Waals surface area contributed by atoms with Crippen LogP contribution in [0, 0.1) is 5.92 Å². The normalized spacial score (nSPS) is 11.5. The van der Waals surface area contributed by atoms with Crippen LogP contribution in [-0.2, 0) is 0 Å². The van der Waals surface area contributed by atoms with Crippen molar-refractivity contribution >= 4 is 24.0 Å². The van der Waals surface area contributed by atoms with E-state index in [1.165, 1.54) is 0 Å². The number of amides is 1. The standard InChI is InChI=1S/C13H20N2O.ClH/c1-4-10(2)9-15(3)13(16)11-7-5-6-8-12(11)14;/h5-8,10H,4,9,14H2,1-3H3;1H. The summed E-state index contributed by atoms with van der Waals surface area (Å²) >= 11 is 0.